The molecule has 0 aliphatic rings. The number of carbonyl (C=O) groups is 2. The molecule has 156 valence electrons. The summed E-state index contributed by atoms with van der Waals surface area (Å²) in [6.45, 7) is 3.22. The minimum atomic E-state index is -0.996. The summed E-state index contributed by atoms with van der Waals surface area (Å²) in [4.78, 5) is 43.4. The molecule has 0 bridgehead atoms. The molecule has 2 atom stereocenters. The molecule has 7 nitrogen and oxygen atoms in total. The molecule has 0 saturated heterocycles. The molecule has 1 amide bonds. The van der Waals surface area contributed by atoms with E-state index in [9.17, 15) is 18.8 Å². The molecule has 1 heterocycles. The lowest BCUT2D eigenvalue weighted by molar-refractivity contribution is -0.155. The second-order valence-electron chi connectivity index (χ2n) is 6.94. The van der Waals surface area contributed by atoms with Crippen molar-refractivity contribution in [2.75, 3.05) is 0 Å². The zero-order valence-electron chi connectivity index (χ0n) is 16.6. The Labute approximate surface area is 172 Å². The van der Waals surface area contributed by atoms with Crippen molar-refractivity contribution >= 4 is 22.8 Å². The number of fused-ring (bicyclic) bond motifs is 1. The second kappa shape index (κ2) is 9.30. The molecule has 1 aromatic heterocycles. The quantitative estimate of drug-likeness (QED) is 0.582. The normalized spacial score (nSPS) is 12.9. The molecular weight excluding hydrogens is 389 g/mol. The molecule has 2 aromatic carbocycles. The molecule has 0 spiro atoms. The first kappa shape index (κ1) is 21.2. The molecule has 0 radical (unpaired) electrons. The Balaban J connectivity index is 1.52. The van der Waals surface area contributed by atoms with E-state index >= 15 is 0 Å². The summed E-state index contributed by atoms with van der Waals surface area (Å²) in [6, 6.07) is 12.3. The van der Waals surface area contributed by atoms with Gasteiger partial charge in [-0.05, 0) is 43.7 Å². The zero-order valence-corrected chi connectivity index (χ0v) is 16.6. The average Bonchev–Trinajstić information content (AvgIpc) is 2.72. The van der Waals surface area contributed by atoms with Gasteiger partial charge in [0.15, 0.2) is 6.10 Å². The van der Waals surface area contributed by atoms with Gasteiger partial charge in [0.1, 0.15) is 11.6 Å². The van der Waals surface area contributed by atoms with Gasteiger partial charge < -0.3 is 15.0 Å². The van der Waals surface area contributed by atoms with Crippen LogP contribution in [-0.4, -0.2) is 27.9 Å². The molecule has 0 fully saturated rings. The number of rotatable bonds is 7. The maximum atomic E-state index is 13.0. The van der Waals surface area contributed by atoms with E-state index in [1.807, 2.05) is 0 Å². The number of halogens is 1. The van der Waals surface area contributed by atoms with Gasteiger partial charge in [0.2, 0.25) is 0 Å². The number of ether oxygens (including phenoxy) is 1. The lowest BCUT2D eigenvalue weighted by atomic mass is 10.1. The monoisotopic (exact) mass is 411 g/mol. The summed E-state index contributed by atoms with van der Waals surface area (Å²) in [6.07, 6.45) is -0.852. The number of nitrogens with one attached hydrogen (secondary N) is 2. The summed E-state index contributed by atoms with van der Waals surface area (Å²) in [5.74, 6) is -1.03. The maximum absolute atomic E-state index is 13.0. The summed E-state index contributed by atoms with van der Waals surface area (Å²) in [5, 5.41) is 3.20. The van der Waals surface area contributed by atoms with Crippen LogP contribution < -0.4 is 10.9 Å². The third-order valence-corrected chi connectivity index (χ3v) is 4.63. The number of hydrogen-bond acceptors (Lipinski definition) is 5. The standard InChI is InChI=1S/C22H22FN3O4/c1-13(15-7-9-16(23)10-8-15)24-21(28)14(2)30-20(27)12-11-19-25-18-6-4-3-5-17(18)22(29)26-19/h3-10,13-14H,11-12H2,1-2H3,(H,24,28)(H,25,26,29)/t13-,14+/m1/s1. The SMILES string of the molecule is C[C@H](OC(=O)CCc1nc2ccccc2c(=O)[nH]1)C(=O)N[C@H](C)c1ccc(F)cc1. The van der Waals surface area contributed by atoms with E-state index in [0.29, 0.717) is 16.7 Å². The first-order valence-electron chi connectivity index (χ1n) is 9.56. The number of benzene rings is 2. The number of amides is 1. The van der Waals surface area contributed by atoms with E-state index in [4.69, 9.17) is 4.74 Å². The number of esters is 1. The lowest BCUT2D eigenvalue weighted by Crippen LogP contribution is -2.37. The van der Waals surface area contributed by atoms with Crippen molar-refractivity contribution < 1.29 is 18.7 Å². The lowest BCUT2D eigenvalue weighted by Gasteiger charge is -2.18. The highest BCUT2D eigenvalue weighted by Gasteiger charge is 2.20. The van der Waals surface area contributed by atoms with Crippen molar-refractivity contribution in [3.8, 4) is 0 Å². The zero-order chi connectivity index (χ0) is 21.7. The van der Waals surface area contributed by atoms with Crippen molar-refractivity contribution in [2.45, 2.75) is 38.8 Å². The fraction of sp³-hybridized carbons (Fsp3) is 0.273. The summed E-state index contributed by atoms with van der Waals surface area (Å²) < 4.78 is 18.2. The minimum absolute atomic E-state index is 0.0353. The van der Waals surface area contributed by atoms with E-state index in [-0.39, 0.29) is 30.3 Å². The molecule has 0 saturated carbocycles. The minimum Gasteiger partial charge on any atom is -0.453 e. The Morgan fingerprint density at radius 3 is 2.57 bits per heavy atom. The Bertz CT molecular complexity index is 1110. The fourth-order valence-electron chi connectivity index (χ4n) is 2.95. The van der Waals surface area contributed by atoms with Crippen LogP contribution in [0.3, 0.4) is 0 Å². The van der Waals surface area contributed by atoms with Crippen molar-refractivity contribution in [3.05, 3.63) is 76.1 Å². The molecule has 0 aliphatic heterocycles. The summed E-state index contributed by atoms with van der Waals surface area (Å²) in [5.41, 5.74) is 1.01. The highest BCUT2D eigenvalue weighted by molar-refractivity contribution is 5.83. The number of nitrogens with zero attached hydrogens (tertiary/aromatic N) is 1. The average molecular weight is 411 g/mol. The third-order valence-electron chi connectivity index (χ3n) is 4.63. The van der Waals surface area contributed by atoms with E-state index in [2.05, 4.69) is 15.3 Å². The number of carbonyl (C=O) groups excluding carboxylic acids is 2. The largest absolute Gasteiger partial charge is 0.453 e. The van der Waals surface area contributed by atoms with E-state index in [1.165, 1.54) is 19.1 Å². The number of aryl methyl sites for hydroxylation is 1. The molecule has 3 rings (SSSR count). The van der Waals surface area contributed by atoms with Crippen LogP contribution >= 0.6 is 0 Å². The Morgan fingerprint density at radius 2 is 1.83 bits per heavy atom. The van der Waals surface area contributed by atoms with Crippen LogP contribution in [-0.2, 0) is 20.7 Å². The van der Waals surface area contributed by atoms with Gasteiger partial charge in [-0.2, -0.15) is 0 Å². The van der Waals surface area contributed by atoms with Gasteiger partial charge >= 0.3 is 5.97 Å². The van der Waals surface area contributed by atoms with Crippen LogP contribution in [0, 0.1) is 5.82 Å². The first-order chi connectivity index (χ1) is 14.3. The van der Waals surface area contributed by atoms with Gasteiger partial charge in [-0.1, -0.05) is 24.3 Å². The van der Waals surface area contributed by atoms with Crippen LogP contribution in [0.15, 0.2) is 53.3 Å². The van der Waals surface area contributed by atoms with Gasteiger partial charge in [-0.3, -0.25) is 14.4 Å². The predicted molar refractivity (Wildman–Crippen MR) is 109 cm³/mol. The van der Waals surface area contributed by atoms with E-state index < -0.39 is 18.0 Å². The van der Waals surface area contributed by atoms with Gasteiger partial charge in [0.25, 0.3) is 11.5 Å². The van der Waals surface area contributed by atoms with Crippen molar-refractivity contribution in [2.24, 2.45) is 0 Å². The van der Waals surface area contributed by atoms with Crippen LogP contribution in [0.4, 0.5) is 4.39 Å². The van der Waals surface area contributed by atoms with Crippen molar-refractivity contribution in [1.82, 2.24) is 15.3 Å². The van der Waals surface area contributed by atoms with Crippen molar-refractivity contribution in [3.63, 3.8) is 0 Å². The number of aromatic amines is 1. The van der Waals surface area contributed by atoms with Crippen molar-refractivity contribution in [1.29, 1.82) is 0 Å². The van der Waals surface area contributed by atoms with E-state index in [1.54, 1.807) is 43.3 Å². The van der Waals surface area contributed by atoms with Gasteiger partial charge in [-0.25, -0.2) is 9.37 Å². The van der Waals surface area contributed by atoms with Gasteiger partial charge in [0, 0.05) is 6.42 Å². The molecule has 2 N–H and O–H groups in total. The first-order valence-corrected chi connectivity index (χ1v) is 9.56. The van der Waals surface area contributed by atoms with E-state index in [0.717, 1.165) is 5.56 Å². The molecule has 0 unspecified atom stereocenters. The maximum Gasteiger partial charge on any atom is 0.307 e. The fourth-order valence-corrected chi connectivity index (χ4v) is 2.95. The molecule has 3 aromatic rings. The summed E-state index contributed by atoms with van der Waals surface area (Å²) >= 11 is 0. The Morgan fingerprint density at radius 1 is 1.13 bits per heavy atom. The highest BCUT2D eigenvalue weighted by Crippen LogP contribution is 2.13. The van der Waals surface area contributed by atoms with Crippen LogP contribution in [0.25, 0.3) is 10.9 Å². The van der Waals surface area contributed by atoms with Crippen LogP contribution in [0.5, 0.6) is 0 Å². The number of para-hydroxylation sites is 1. The Hall–Kier alpha value is -3.55. The van der Waals surface area contributed by atoms with Gasteiger partial charge in [-0.15, -0.1) is 0 Å². The van der Waals surface area contributed by atoms with Crippen LogP contribution in [0.1, 0.15) is 37.7 Å². The number of hydrogen-bond donors (Lipinski definition) is 2. The van der Waals surface area contributed by atoms with Gasteiger partial charge in [0.05, 0.1) is 23.4 Å². The number of H-pyrrole nitrogens is 1. The smallest absolute Gasteiger partial charge is 0.307 e. The second-order valence-corrected chi connectivity index (χ2v) is 6.94. The molecule has 0 aliphatic carbocycles. The van der Waals surface area contributed by atoms with Crippen LogP contribution in [0.2, 0.25) is 0 Å². The highest BCUT2D eigenvalue weighted by atomic mass is 19.1. The predicted octanol–water partition coefficient (Wildman–Crippen LogP) is 2.80. The topological polar surface area (TPSA) is 101 Å². The molecular formula is C22H22FN3O4. The molecule has 30 heavy (non-hydrogen) atoms. The summed E-state index contributed by atoms with van der Waals surface area (Å²) in [7, 11) is 0. The Kier molecular flexibility index (Phi) is 6.56. The molecule has 8 heteroatoms. The third kappa shape index (κ3) is 5.28. The number of aromatic nitrogens is 2.